The molecule has 4 nitrogen and oxygen atoms in total. The van der Waals surface area contributed by atoms with E-state index in [1.54, 1.807) is 49.7 Å². The topological polar surface area (TPSA) is 59.4 Å². The summed E-state index contributed by atoms with van der Waals surface area (Å²) in [6.45, 7) is 2.07. The largest absolute Gasteiger partial charge is 0.508 e. The number of phenolic OH excluding ortho intramolecular Hbond substituents is 1. The van der Waals surface area contributed by atoms with Crippen LogP contribution in [-0.2, 0) is 9.53 Å². The third kappa shape index (κ3) is 3.45. The molecular weight excluding hydrogens is 254 g/mol. The summed E-state index contributed by atoms with van der Waals surface area (Å²) in [6.07, 6.45) is 5.06. The first-order chi connectivity index (χ1) is 9.70. The Morgan fingerprint density at radius 1 is 1.20 bits per heavy atom. The van der Waals surface area contributed by atoms with Crippen LogP contribution in [0.15, 0.2) is 48.8 Å². The molecule has 1 heterocycles. The van der Waals surface area contributed by atoms with Crippen LogP contribution in [0.1, 0.15) is 18.1 Å². The molecule has 20 heavy (non-hydrogen) atoms. The molecule has 0 unspecified atom stereocenters. The van der Waals surface area contributed by atoms with Crippen LogP contribution in [0.25, 0.3) is 11.6 Å². The molecule has 102 valence electrons. The number of hydrogen-bond acceptors (Lipinski definition) is 4. The van der Waals surface area contributed by atoms with E-state index in [1.165, 1.54) is 12.1 Å². The Hall–Kier alpha value is -2.62. The Morgan fingerprint density at radius 2 is 1.85 bits per heavy atom. The second-order valence-corrected chi connectivity index (χ2v) is 4.11. The number of pyridine rings is 1. The third-order valence-corrected chi connectivity index (χ3v) is 2.69. The van der Waals surface area contributed by atoms with Crippen molar-refractivity contribution in [2.45, 2.75) is 6.92 Å². The molecule has 0 saturated heterocycles. The van der Waals surface area contributed by atoms with Crippen molar-refractivity contribution in [1.29, 1.82) is 0 Å². The number of carbonyl (C=O) groups excluding carboxylic acids is 1. The Morgan fingerprint density at radius 3 is 2.45 bits per heavy atom. The first-order valence-electron chi connectivity index (χ1n) is 6.29. The zero-order valence-electron chi connectivity index (χ0n) is 11.1. The lowest BCUT2D eigenvalue weighted by molar-refractivity contribution is -0.136. The maximum Gasteiger partial charge on any atom is 0.338 e. The quantitative estimate of drug-likeness (QED) is 0.685. The normalized spacial score (nSPS) is 11.2. The van der Waals surface area contributed by atoms with Crippen LogP contribution in [0.4, 0.5) is 0 Å². The van der Waals surface area contributed by atoms with Crippen LogP contribution in [0.5, 0.6) is 5.75 Å². The molecule has 0 bridgehead atoms. The van der Waals surface area contributed by atoms with Crippen molar-refractivity contribution < 1.29 is 14.6 Å². The van der Waals surface area contributed by atoms with Gasteiger partial charge < -0.3 is 9.84 Å². The van der Waals surface area contributed by atoms with Crippen molar-refractivity contribution in [2.75, 3.05) is 6.61 Å². The van der Waals surface area contributed by atoms with Gasteiger partial charge in [0.15, 0.2) is 0 Å². The fraction of sp³-hybridized carbons (Fsp3) is 0.125. The van der Waals surface area contributed by atoms with E-state index in [0.29, 0.717) is 17.7 Å². The van der Waals surface area contributed by atoms with Gasteiger partial charge in [0.05, 0.1) is 12.2 Å². The van der Waals surface area contributed by atoms with E-state index in [9.17, 15) is 9.90 Å². The fourth-order valence-corrected chi connectivity index (χ4v) is 1.74. The molecular formula is C16H15NO3. The Labute approximate surface area is 117 Å². The van der Waals surface area contributed by atoms with E-state index in [-0.39, 0.29) is 5.75 Å². The van der Waals surface area contributed by atoms with E-state index in [2.05, 4.69) is 4.98 Å². The average molecular weight is 269 g/mol. The molecule has 1 aromatic heterocycles. The number of rotatable bonds is 4. The second-order valence-electron chi connectivity index (χ2n) is 4.11. The molecule has 1 N–H and O–H groups in total. The summed E-state index contributed by atoms with van der Waals surface area (Å²) in [5.74, 6) is -0.240. The molecule has 2 aromatic rings. The van der Waals surface area contributed by atoms with Gasteiger partial charge in [0.25, 0.3) is 0 Å². The highest BCUT2D eigenvalue weighted by Gasteiger charge is 2.13. The first kappa shape index (κ1) is 13.8. The maximum atomic E-state index is 12.1. The number of nitrogens with zero attached hydrogens (tertiary/aromatic N) is 1. The number of phenols is 1. The molecule has 0 fully saturated rings. The van der Waals surface area contributed by atoms with Gasteiger partial charge in [0.1, 0.15) is 5.75 Å². The Bertz CT molecular complexity index is 603. The molecule has 0 spiro atoms. The highest BCUT2D eigenvalue weighted by molar-refractivity contribution is 6.21. The summed E-state index contributed by atoms with van der Waals surface area (Å²) >= 11 is 0. The summed E-state index contributed by atoms with van der Waals surface area (Å²) < 4.78 is 5.08. The lowest BCUT2D eigenvalue weighted by atomic mass is 10.0. The van der Waals surface area contributed by atoms with Crippen molar-refractivity contribution in [3.8, 4) is 5.75 Å². The van der Waals surface area contributed by atoms with E-state index in [0.717, 1.165) is 5.56 Å². The smallest absolute Gasteiger partial charge is 0.338 e. The summed E-state index contributed by atoms with van der Waals surface area (Å²) in [5.41, 5.74) is 1.99. The molecule has 0 aliphatic heterocycles. The summed E-state index contributed by atoms with van der Waals surface area (Å²) in [6, 6.07) is 10.0. The summed E-state index contributed by atoms with van der Waals surface area (Å²) in [7, 11) is 0. The lowest BCUT2D eigenvalue weighted by Crippen LogP contribution is -2.06. The Balaban J connectivity index is 2.42. The number of esters is 1. The van der Waals surface area contributed by atoms with Crippen molar-refractivity contribution in [2.24, 2.45) is 0 Å². The van der Waals surface area contributed by atoms with Crippen LogP contribution in [-0.4, -0.2) is 22.7 Å². The zero-order valence-corrected chi connectivity index (χ0v) is 11.1. The minimum absolute atomic E-state index is 0.154. The molecule has 0 saturated carbocycles. The standard InChI is InChI=1S/C16H15NO3/c1-2-20-16(19)15(11-12-7-9-17-10-8-12)13-3-5-14(18)6-4-13/h3-11,18H,2H2,1H3. The van der Waals surface area contributed by atoms with Crippen LogP contribution >= 0.6 is 0 Å². The number of benzene rings is 1. The van der Waals surface area contributed by atoms with Crippen molar-refractivity contribution in [1.82, 2.24) is 4.98 Å². The van der Waals surface area contributed by atoms with Gasteiger partial charge in [-0.25, -0.2) is 4.79 Å². The predicted molar refractivity (Wildman–Crippen MR) is 76.8 cm³/mol. The molecule has 2 rings (SSSR count). The number of carbonyl (C=O) groups is 1. The average Bonchev–Trinajstić information content (AvgIpc) is 2.47. The third-order valence-electron chi connectivity index (χ3n) is 2.69. The number of aromatic nitrogens is 1. The zero-order chi connectivity index (χ0) is 14.4. The summed E-state index contributed by atoms with van der Waals surface area (Å²) in [5, 5.41) is 9.33. The van der Waals surface area contributed by atoms with Crippen molar-refractivity contribution in [3.05, 3.63) is 59.9 Å². The summed E-state index contributed by atoms with van der Waals surface area (Å²) in [4.78, 5) is 16.0. The van der Waals surface area contributed by atoms with Gasteiger partial charge in [-0.2, -0.15) is 0 Å². The van der Waals surface area contributed by atoms with Gasteiger partial charge in [-0.3, -0.25) is 4.98 Å². The van der Waals surface area contributed by atoms with Crippen LogP contribution in [0.3, 0.4) is 0 Å². The monoisotopic (exact) mass is 269 g/mol. The lowest BCUT2D eigenvalue weighted by Gasteiger charge is -2.07. The molecule has 0 radical (unpaired) electrons. The van der Waals surface area contributed by atoms with Gasteiger partial charge in [0, 0.05) is 12.4 Å². The van der Waals surface area contributed by atoms with E-state index >= 15 is 0 Å². The molecule has 4 heteroatoms. The van der Waals surface area contributed by atoms with Crippen molar-refractivity contribution >= 4 is 17.6 Å². The van der Waals surface area contributed by atoms with E-state index in [4.69, 9.17) is 4.74 Å². The molecule has 0 aliphatic rings. The van der Waals surface area contributed by atoms with Crippen LogP contribution in [0.2, 0.25) is 0 Å². The van der Waals surface area contributed by atoms with Crippen LogP contribution < -0.4 is 0 Å². The van der Waals surface area contributed by atoms with Crippen LogP contribution in [0, 0.1) is 0 Å². The minimum Gasteiger partial charge on any atom is -0.508 e. The SMILES string of the molecule is CCOC(=O)C(=Cc1ccncc1)c1ccc(O)cc1. The molecule has 0 amide bonds. The fourth-order valence-electron chi connectivity index (χ4n) is 1.74. The molecule has 0 atom stereocenters. The number of ether oxygens (including phenoxy) is 1. The van der Waals surface area contributed by atoms with Gasteiger partial charge in [-0.1, -0.05) is 12.1 Å². The van der Waals surface area contributed by atoms with E-state index in [1.807, 2.05) is 0 Å². The van der Waals surface area contributed by atoms with Crippen molar-refractivity contribution in [3.63, 3.8) is 0 Å². The van der Waals surface area contributed by atoms with Gasteiger partial charge in [-0.15, -0.1) is 0 Å². The highest BCUT2D eigenvalue weighted by atomic mass is 16.5. The predicted octanol–water partition coefficient (Wildman–Crippen LogP) is 2.89. The van der Waals surface area contributed by atoms with Gasteiger partial charge >= 0.3 is 5.97 Å². The highest BCUT2D eigenvalue weighted by Crippen LogP contribution is 2.22. The molecule has 1 aromatic carbocycles. The number of aromatic hydroxyl groups is 1. The molecule has 0 aliphatic carbocycles. The maximum absolute atomic E-state index is 12.1. The Kier molecular flexibility index (Phi) is 4.50. The second kappa shape index (κ2) is 6.52. The van der Waals surface area contributed by atoms with Gasteiger partial charge in [-0.05, 0) is 48.4 Å². The first-order valence-corrected chi connectivity index (χ1v) is 6.29. The van der Waals surface area contributed by atoms with Gasteiger partial charge in [0.2, 0.25) is 0 Å². The number of hydrogen-bond donors (Lipinski definition) is 1. The van der Waals surface area contributed by atoms with E-state index < -0.39 is 5.97 Å². The minimum atomic E-state index is -0.394.